The van der Waals surface area contributed by atoms with Gasteiger partial charge in [0.1, 0.15) is 6.04 Å². The van der Waals surface area contributed by atoms with Crippen molar-refractivity contribution >= 4 is 5.97 Å². The SMILES string of the molecule is CCOC(=O)[C@@H](C)NC(C)C. The molecular formula is C8H17NO2. The summed E-state index contributed by atoms with van der Waals surface area (Å²) >= 11 is 0. The molecular weight excluding hydrogens is 142 g/mol. The lowest BCUT2D eigenvalue weighted by Crippen LogP contribution is -2.39. The molecule has 66 valence electrons. The first-order chi connectivity index (χ1) is 5.07. The van der Waals surface area contributed by atoms with Gasteiger partial charge in [-0.25, -0.2) is 0 Å². The molecule has 3 heteroatoms. The highest BCUT2D eigenvalue weighted by atomic mass is 16.5. The molecule has 0 unspecified atom stereocenters. The van der Waals surface area contributed by atoms with Crippen LogP contribution in [-0.2, 0) is 9.53 Å². The Morgan fingerprint density at radius 3 is 2.36 bits per heavy atom. The molecule has 0 heterocycles. The Kier molecular flexibility index (Phi) is 4.86. The number of rotatable bonds is 4. The molecule has 0 aromatic rings. The van der Waals surface area contributed by atoms with Crippen LogP contribution in [0.2, 0.25) is 0 Å². The quantitative estimate of drug-likeness (QED) is 0.620. The van der Waals surface area contributed by atoms with Crippen LogP contribution in [0, 0.1) is 0 Å². The topological polar surface area (TPSA) is 38.3 Å². The molecule has 0 aliphatic carbocycles. The van der Waals surface area contributed by atoms with E-state index in [9.17, 15) is 4.79 Å². The molecule has 0 spiro atoms. The van der Waals surface area contributed by atoms with Crippen LogP contribution >= 0.6 is 0 Å². The fraction of sp³-hybridized carbons (Fsp3) is 0.875. The maximum absolute atomic E-state index is 11.0. The molecule has 0 aliphatic heterocycles. The highest BCUT2D eigenvalue weighted by Gasteiger charge is 2.13. The summed E-state index contributed by atoms with van der Waals surface area (Å²) in [6.07, 6.45) is 0. The van der Waals surface area contributed by atoms with Gasteiger partial charge in [0.2, 0.25) is 0 Å². The number of ether oxygens (including phenoxy) is 1. The van der Waals surface area contributed by atoms with Gasteiger partial charge >= 0.3 is 5.97 Å². The molecule has 0 rings (SSSR count). The van der Waals surface area contributed by atoms with Crippen molar-refractivity contribution in [1.29, 1.82) is 0 Å². The second-order valence-electron chi connectivity index (χ2n) is 2.80. The molecule has 0 aliphatic rings. The average Bonchev–Trinajstić information content (AvgIpc) is 1.86. The minimum Gasteiger partial charge on any atom is -0.465 e. The summed E-state index contributed by atoms with van der Waals surface area (Å²) in [6.45, 7) is 8.05. The zero-order valence-corrected chi connectivity index (χ0v) is 7.68. The third kappa shape index (κ3) is 4.79. The van der Waals surface area contributed by atoms with Gasteiger partial charge < -0.3 is 10.1 Å². The Morgan fingerprint density at radius 2 is 2.00 bits per heavy atom. The van der Waals surface area contributed by atoms with Gasteiger partial charge in [0.05, 0.1) is 6.61 Å². The highest BCUT2D eigenvalue weighted by molar-refractivity contribution is 5.75. The molecule has 0 bridgehead atoms. The summed E-state index contributed by atoms with van der Waals surface area (Å²) in [4.78, 5) is 11.0. The summed E-state index contributed by atoms with van der Waals surface area (Å²) in [5.41, 5.74) is 0. The Hall–Kier alpha value is -0.570. The van der Waals surface area contributed by atoms with Crippen molar-refractivity contribution in [3.63, 3.8) is 0 Å². The molecule has 0 saturated carbocycles. The molecule has 0 radical (unpaired) electrons. The Morgan fingerprint density at radius 1 is 1.45 bits per heavy atom. The summed E-state index contributed by atoms with van der Waals surface area (Å²) in [5, 5.41) is 3.05. The van der Waals surface area contributed by atoms with Crippen LogP contribution in [0.4, 0.5) is 0 Å². The van der Waals surface area contributed by atoms with Crippen LogP contribution < -0.4 is 5.32 Å². The molecule has 0 amide bonds. The van der Waals surface area contributed by atoms with E-state index < -0.39 is 0 Å². The lowest BCUT2D eigenvalue weighted by atomic mass is 10.3. The van der Waals surface area contributed by atoms with E-state index in [4.69, 9.17) is 4.74 Å². The number of hydrogen-bond acceptors (Lipinski definition) is 3. The van der Waals surface area contributed by atoms with Crippen molar-refractivity contribution in [3.8, 4) is 0 Å². The fourth-order valence-electron chi connectivity index (χ4n) is 0.835. The van der Waals surface area contributed by atoms with Gasteiger partial charge in [-0.3, -0.25) is 4.79 Å². The second-order valence-corrected chi connectivity index (χ2v) is 2.80. The van der Waals surface area contributed by atoms with Crippen LogP contribution in [-0.4, -0.2) is 24.7 Å². The number of carbonyl (C=O) groups is 1. The minimum atomic E-state index is -0.199. The van der Waals surface area contributed by atoms with Crippen molar-refractivity contribution in [2.75, 3.05) is 6.61 Å². The molecule has 0 aromatic carbocycles. The lowest BCUT2D eigenvalue weighted by Gasteiger charge is -2.14. The number of carbonyl (C=O) groups excluding carboxylic acids is 1. The van der Waals surface area contributed by atoms with Crippen LogP contribution in [0.3, 0.4) is 0 Å². The van der Waals surface area contributed by atoms with Crippen molar-refractivity contribution in [2.24, 2.45) is 0 Å². The normalized spacial score (nSPS) is 13.2. The van der Waals surface area contributed by atoms with Gasteiger partial charge in [-0.05, 0) is 13.8 Å². The first-order valence-corrected chi connectivity index (χ1v) is 4.00. The summed E-state index contributed by atoms with van der Waals surface area (Å²) in [6, 6.07) is 0.115. The van der Waals surface area contributed by atoms with Crippen molar-refractivity contribution < 1.29 is 9.53 Å². The molecule has 11 heavy (non-hydrogen) atoms. The van der Waals surface area contributed by atoms with E-state index in [0.717, 1.165) is 0 Å². The molecule has 1 N–H and O–H groups in total. The standard InChI is InChI=1S/C8H17NO2/c1-5-11-8(10)7(4)9-6(2)3/h6-7,9H,5H2,1-4H3/t7-/m1/s1. The van der Waals surface area contributed by atoms with E-state index in [2.05, 4.69) is 5.32 Å². The summed E-state index contributed by atoms with van der Waals surface area (Å²) in [7, 11) is 0. The molecule has 1 atom stereocenters. The smallest absolute Gasteiger partial charge is 0.322 e. The monoisotopic (exact) mass is 159 g/mol. The van der Waals surface area contributed by atoms with Crippen LogP contribution in [0.1, 0.15) is 27.7 Å². The second kappa shape index (κ2) is 5.13. The number of nitrogens with one attached hydrogen (secondary N) is 1. The van der Waals surface area contributed by atoms with Crippen LogP contribution in [0.15, 0.2) is 0 Å². The van der Waals surface area contributed by atoms with E-state index in [1.165, 1.54) is 0 Å². The predicted molar refractivity (Wildman–Crippen MR) is 44.4 cm³/mol. The lowest BCUT2D eigenvalue weighted by molar-refractivity contribution is -0.145. The minimum absolute atomic E-state index is 0.179. The highest BCUT2D eigenvalue weighted by Crippen LogP contribution is 1.89. The molecule has 3 nitrogen and oxygen atoms in total. The van der Waals surface area contributed by atoms with Gasteiger partial charge in [-0.1, -0.05) is 13.8 Å². The average molecular weight is 159 g/mol. The van der Waals surface area contributed by atoms with E-state index in [1.54, 1.807) is 13.8 Å². The maximum Gasteiger partial charge on any atom is 0.322 e. The molecule has 0 fully saturated rings. The third-order valence-corrected chi connectivity index (χ3v) is 1.22. The summed E-state index contributed by atoms with van der Waals surface area (Å²) < 4.78 is 4.80. The number of esters is 1. The fourth-order valence-corrected chi connectivity index (χ4v) is 0.835. The van der Waals surface area contributed by atoms with Crippen molar-refractivity contribution in [2.45, 2.75) is 39.8 Å². The Bertz CT molecular complexity index is 123. The first kappa shape index (κ1) is 10.4. The zero-order valence-electron chi connectivity index (χ0n) is 7.68. The molecule has 0 saturated heterocycles. The van der Waals surface area contributed by atoms with E-state index >= 15 is 0 Å². The van der Waals surface area contributed by atoms with Crippen molar-refractivity contribution in [1.82, 2.24) is 5.32 Å². The third-order valence-electron chi connectivity index (χ3n) is 1.22. The Balaban J connectivity index is 3.64. The van der Waals surface area contributed by atoms with E-state index in [0.29, 0.717) is 12.6 Å². The van der Waals surface area contributed by atoms with Gasteiger partial charge in [0.15, 0.2) is 0 Å². The van der Waals surface area contributed by atoms with Crippen molar-refractivity contribution in [3.05, 3.63) is 0 Å². The molecule has 0 aromatic heterocycles. The maximum atomic E-state index is 11.0. The van der Waals surface area contributed by atoms with Crippen LogP contribution in [0.5, 0.6) is 0 Å². The first-order valence-electron chi connectivity index (χ1n) is 4.00. The van der Waals surface area contributed by atoms with Gasteiger partial charge in [-0.2, -0.15) is 0 Å². The van der Waals surface area contributed by atoms with Crippen LogP contribution in [0.25, 0.3) is 0 Å². The van der Waals surface area contributed by atoms with E-state index in [-0.39, 0.29) is 12.0 Å². The van der Waals surface area contributed by atoms with Gasteiger partial charge in [-0.15, -0.1) is 0 Å². The number of hydrogen-bond donors (Lipinski definition) is 1. The Labute approximate surface area is 68.1 Å². The predicted octanol–water partition coefficient (Wildman–Crippen LogP) is 0.936. The largest absolute Gasteiger partial charge is 0.465 e. The summed E-state index contributed by atoms with van der Waals surface area (Å²) in [5.74, 6) is -0.179. The van der Waals surface area contributed by atoms with Gasteiger partial charge in [0, 0.05) is 6.04 Å². The zero-order chi connectivity index (χ0) is 8.85. The van der Waals surface area contributed by atoms with E-state index in [1.807, 2.05) is 13.8 Å². The van der Waals surface area contributed by atoms with Gasteiger partial charge in [0.25, 0.3) is 0 Å².